The van der Waals surface area contributed by atoms with E-state index in [1.54, 1.807) is 84.6 Å². The van der Waals surface area contributed by atoms with E-state index in [0.717, 1.165) is 10.6 Å². The summed E-state index contributed by atoms with van der Waals surface area (Å²) in [7, 11) is -2.21. The lowest BCUT2D eigenvalue weighted by Gasteiger charge is -2.20. The van der Waals surface area contributed by atoms with E-state index in [-0.39, 0.29) is 16.9 Å². The molecule has 0 aliphatic carbocycles. The Balaban J connectivity index is 1.70. The number of anilines is 2. The van der Waals surface area contributed by atoms with E-state index in [0.29, 0.717) is 16.9 Å². The minimum absolute atomic E-state index is 0.0746. The van der Waals surface area contributed by atoms with Gasteiger partial charge in [-0.2, -0.15) is 0 Å². The molecule has 0 atom stereocenters. The molecule has 6 nitrogen and oxygen atoms in total. The average Bonchev–Trinajstić information content (AvgIpc) is 2.79. The van der Waals surface area contributed by atoms with Crippen LogP contribution in [0, 0.1) is 0 Å². The maximum Gasteiger partial charge on any atom is 0.264 e. The number of hydrogen-bond acceptors (Lipinski definition) is 5. The summed E-state index contributed by atoms with van der Waals surface area (Å²) in [6.45, 7) is 3.90. The van der Waals surface area contributed by atoms with E-state index in [1.807, 2.05) is 20.1 Å². The van der Waals surface area contributed by atoms with Crippen molar-refractivity contribution in [3.63, 3.8) is 0 Å². The number of rotatable bonds is 8. The zero-order valence-electron chi connectivity index (χ0n) is 18.4. The van der Waals surface area contributed by atoms with Gasteiger partial charge in [0.1, 0.15) is 5.75 Å². The molecule has 3 aromatic rings. The third-order valence-electron chi connectivity index (χ3n) is 4.69. The molecule has 0 unspecified atom stereocenters. The summed E-state index contributed by atoms with van der Waals surface area (Å²) in [5.41, 5.74) is 1.53. The van der Waals surface area contributed by atoms with Crippen LogP contribution >= 0.6 is 11.8 Å². The van der Waals surface area contributed by atoms with Gasteiger partial charge >= 0.3 is 0 Å². The molecule has 0 bridgehead atoms. The summed E-state index contributed by atoms with van der Waals surface area (Å²) >= 11 is 1.55. The largest absolute Gasteiger partial charge is 0.491 e. The van der Waals surface area contributed by atoms with Crippen LogP contribution in [0.25, 0.3) is 0 Å². The summed E-state index contributed by atoms with van der Waals surface area (Å²) in [5, 5.41) is 2.83. The van der Waals surface area contributed by atoms with Gasteiger partial charge in [-0.3, -0.25) is 9.10 Å². The van der Waals surface area contributed by atoms with Crippen LogP contribution < -0.4 is 14.4 Å². The number of benzene rings is 3. The molecule has 0 spiro atoms. The van der Waals surface area contributed by atoms with Crippen molar-refractivity contribution >= 4 is 39.1 Å². The van der Waals surface area contributed by atoms with Crippen molar-refractivity contribution in [1.82, 2.24) is 0 Å². The van der Waals surface area contributed by atoms with Crippen molar-refractivity contribution in [3.8, 4) is 5.75 Å². The van der Waals surface area contributed by atoms with Crippen LogP contribution in [0.5, 0.6) is 5.75 Å². The highest BCUT2D eigenvalue weighted by atomic mass is 32.2. The molecule has 0 fully saturated rings. The van der Waals surface area contributed by atoms with Crippen molar-refractivity contribution in [1.29, 1.82) is 0 Å². The van der Waals surface area contributed by atoms with Gasteiger partial charge < -0.3 is 10.1 Å². The molecule has 0 saturated carbocycles. The summed E-state index contributed by atoms with van der Waals surface area (Å²) in [6.07, 6.45) is 2.01. The van der Waals surface area contributed by atoms with Crippen molar-refractivity contribution in [2.75, 3.05) is 22.9 Å². The number of nitrogens with one attached hydrogen (secondary N) is 1. The predicted molar refractivity (Wildman–Crippen MR) is 130 cm³/mol. The van der Waals surface area contributed by atoms with Crippen molar-refractivity contribution in [2.24, 2.45) is 0 Å². The van der Waals surface area contributed by atoms with Crippen LogP contribution in [-0.2, 0) is 10.0 Å². The number of nitrogens with zero attached hydrogens (tertiary/aromatic N) is 1. The maximum absolute atomic E-state index is 12.9. The minimum Gasteiger partial charge on any atom is -0.491 e. The second kappa shape index (κ2) is 10.1. The van der Waals surface area contributed by atoms with E-state index >= 15 is 0 Å². The van der Waals surface area contributed by atoms with Gasteiger partial charge in [0.05, 0.1) is 16.7 Å². The molecule has 1 N–H and O–H groups in total. The Morgan fingerprint density at radius 3 is 2.06 bits per heavy atom. The van der Waals surface area contributed by atoms with Crippen LogP contribution in [0.2, 0.25) is 0 Å². The Bertz CT molecular complexity index is 1160. The van der Waals surface area contributed by atoms with Crippen molar-refractivity contribution in [3.05, 3.63) is 78.4 Å². The summed E-state index contributed by atoms with van der Waals surface area (Å²) < 4.78 is 32.6. The third kappa shape index (κ3) is 5.63. The Morgan fingerprint density at radius 2 is 1.53 bits per heavy atom. The predicted octanol–water partition coefficient (Wildman–Crippen LogP) is 5.27. The van der Waals surface area contributed by atoms with E-state index in [4.69, 9.17) is 4.74 Å². The first-order valence-corrected chi connectivity index (χ1v) is 12.7. The molecule has 3 rings (SSSR count). The van der Waals surface area contributed by atoms with Gasteiger partial charge in [-0.05, 0) is 92.9 Å². The lowest BCUT2D eigenvalue weighted by Crippen LogP contribution is -2.26. The minimum atomic E-state index is -3.70. The van der Waals surface area contributed by atoms with Gasteiger partial charge in [0, 0.05) is 23.2 Å². The zero-order valence-corrected chi connectivity index (χ0v) is 20.0. The molecule has 168 valence electrons. The molecule has 0 aliphatic heterocycles. The normalized spacial score (nSPS) is 11.3. The fourth-order valence-electron chi connectivity index (χ4n) is 2.96. The van der Waals surface area contributed by atoms with E-state index < -0.39 is 10.0 Å². The number of hydrogen-bond donors (Lipinski definition) is 1. The highest BCUT2D eigenvalue weighted by molar-refractivity contribution is 7.98. The molecular formula is C24H26N2O4S2. The van der Waals surface area contributed by atoms with Crippen LogP contribution in [-0.4, -0.2) is 33.7 Å². The Morgan fingerprint density at radius 1 is 0.938 bits per heavy atom. The fraction of sp³-hybridized carbons (Fsp3) is 0.208. The summed E-state index contributed by atoms with van der Waals surface area (Å²) in [6, 6.07) is 20.3. The second-order valence-corrected chi connectivity index (χ2v) is 10.2. The van der Waals surface area contributed by atoms with Gasteiger partial charge in [0.15, 0.2) is 0 Å². The first kappa shape index (κ1) is 23.7. The molecular weight excluding hydrogens is 444 g/mol. The Labute approximate surface area is 193 Å². The molecule has 0 aliphatic rings. The number of carbonyl (C=O) groups excluding carboxylic acids is 1. The molecule has 1 amide bonds. The monoisotopic (exact) mass is 470 g/mol. The van der Waals surface area contributed by atoms with Crippen molar-refractivity contribution < 1.29 is 17.9 Å². The SMILES string of the molecule is CSc1ccc(S(=O)(=O)N(C)c2ccc(C(=O)Nc3ccc(OC(C)C)cc3)cc2)cc1. The smallest absolute Gasteiger partial charge is 0.264 e. The van der Waals surface area contributed by atoms with Gasteiger partial charge in [0.2, 0.25) is 0 Å². The molecule has 0 radical (unpaired) electrons. The fourth-order valence-corrected chi connectivity index (χ4v) is 4.56. The van der Waals surface area contributed by atoms with Crippen LogP contribution in [0.1, 0.15) is 24.2 Å². The first-order chi connectivity index (χ1) is 15.2. The van der Waals surface area contributed by atoms with Crippen LogP contribution in [0.3, 0.4) is 0 Å². The molecule has 8 heteroatoms. The van der Waals surface area contributed by atoms with E-state index in [2.05, 4.69) is 5.32 Å². The number of carbonyl (C=O) groups is 1. The molecule has 3 aromatic carbocycles. The number of sulfonamides is 1. The van der Waals surface area contributed by atoms with Gasteiger partial charge in [-0.1, -0.05) is 0 Å². The molecule has 0 saturated heterocycles. The Hall–Kier alpha value is -2.97. The number of amides is 1. The molecule has 32 heavy (non-hydrogen) atoms. The number of ether oxygens (including phenoxy) is 1. The zero-order chi connectivity index (χ0) is 23.3. The lowest BCUT2D eigenvalue weighted by atomic mass is 10.2. The molecule has 0 aromatic heterocycles. The van der Waals surface area contributed by atoms with Gasteiger partial charge in [0.25, 0.3) is 15.9 Å². The number of thioether (sulfide) groups is 1. The van der Waals surface area contributed by atoms with E-state index in [9.17, 15) is 13.2 Å². The van der Waals surface area contributed by atoms with Crippen molar-refractivity contribution in [2.45, 2.75) is 29.7 Å². The summed E-state index contributed by atoms with van der Waals surface area (Å²) in [4.78, 5) is 13.8. The summed E-state index contributed by atoms with van der Waals surface area (Å²) in [5.74, 6) is 0.446. The van der Waals surface area contributed by atoms with Gasteiger partial charge in [-0.15, -0.1) is 11.8 Å². The van der Waals surface area contributed by atoms with Crippen LogP contribution in [0.4, 0.5) is 11.4 Å². The first-order valence-electron chi connectivity index (χ1n) is 10.0. The second-order valence-electron chi connectivity index (χ2n) is 7.34. The highest BCUT2D eigenvalue weighted by Gasteiger charge is 2.21. The topological polar surface area (TPSA) is 75.7 Å². The van der Waals surface area contributed by atoms with Gasteiger partial charge in [-0.25, -0.2) is 8.42 Å². The maximum atomic E-state index is 12.9. The Kier molecular flexibility index (Phi) is 7.48. The highest BCUT2D eigenvalue weighted by Crippen LogP contribution is 2.25. The quantitative estimate of drug-likeness (QED) is 0.454. The van der Waals surface area contributed by atoms with E-state index in [1.165, 1.54) is 11.4 Å². The third-order valence-corrected chi connectivity index (χ3v) is 7.24. The lowest BCUT2D eigenvalue weighted by molar-refractivity contribution is 0.102. The average molecular weight is 471 g/mol. The standard InChI is InChI=1S/C24H26N2O4S2/c1-17(2)30-21-11-7-19(8-12-21)25-24(27)18-5-9-20(10-6-18)26(3)32(28,29)23-15-13-22(31-4)14-16-23/h5-17H,1-4H3,(H,25,27). The molecule has 0 heterocycles. The van der Waals surface area contributed by atoms with Crippen LogP contribution in [0.15, 0.2) is 82.6 Å².